The van der Waals surface area contributed by atoms with Crippen LogP contribution in [-0.4, -0.2) is 11.5 Å². The van der Waals surface area contributed by atoms with Crippen LogP contribution in [0.2, 0.25) is 0 Å². The van der Waals surface area contributed by atoms with Gasteiger partial charge in [0.2, 0.25) is 0 Å². The molecule has 0 saturated heterocycles. The van der Waals surface area contributed by atoms with Gasteiger partial charge < -0.3 is 10.6 Å². The molecule has 0 aliphatic rings. The number of nitrogens with one attached hydrogen (secondary N) is 2. The molecule has 0 spiro atoms. The van der Waals surface area contributed by atoms with Gasteiger partial charge in [-0.1, -0.05) is 50.2 Å². The number of benzene rings is 1. The van der Waals surface area contributed by atoms with E-state index in [1.54, 1.807) is 0 Å². The van der Waals surface area contributed by atoms with Gasteiger partial charge in [-0.05, 0) is 30.5 Å². The number of aromatic nitrogens is 1. The summed E-state index contributed by atoms with van der Waals surface area (Å²) in [6.07, 6.45) is 2.12. The highest BCUT2D eigenvalue weighted by molar-refractivity contribution is 5.46. The number of hydrogen-bond acceptors (Lipinski definition) is 3. The minimum absolute atomic E-state index is 0.296. The van der Waals surface area contributed by atoms with Crippen molar-refractivity contribution < 1.29 is 0 Å². The van der Waals surface area contributed by atoms with Crippen molar-refractivity contribution in [1.29, 1.82) is 0 Å². The number of rotatable bonds is 7. The van der Waals surface area contributed by atoms with Crippen molar-refractivity contribution in [2.75, 3.05) is 17.2 Å². The van der Waals surface area contributed by atoms with Crippen molar-refractivity contribution in [3.05, 3.63) is 54.1 Å². The maximum atomic E-state index is 4.60. The van der Waals surface area contributed by atoms with Crippen LogP contribution in [-0.2, 0) is 0 Å². The molecule has 1 heterocycles. The standard InChI is InChI=1S/C17H23N3/c1-3-13-18-16-11-8-12-17(20-16)19-15(4-2)14-9-6-5-7-10-14/h5-12,15H,3-4,13H2,1-2H3,(H2,18,19,20). The van der Waals surface area contributed by atoms with Crippen molar-refractivity contribution in [2.45, 2.75) is 32.7 Å². The van der Waals surface area contributed by atoms with Crippen LogP contribution in [0.5, 0.6) is 0 Å². The molecule has 1 atom stereocenters. The zero-order valence-corrected chi connectivity index (χ0v) is 12.3. The van der Waals surface area contributed by atoms with Crippen LogP contribution in [0.1, 0.15) is 38.3 Å². The second kappa shape index (κ2) is 7.53. The summed E-state index contributed by atoms with van der Waals surface area (Å²) in [6.45, 7) is 5.29. The molecule has 1 unspecified atom stereocenters. The second-order valence-electron chi connectivity index (χ2n) is 4.85. The molecule has 0 amide bonds. The van der Waals surface area contributed by atoms with E-state index in [1.807, 2.05) is 24.3 Å². The molecule has 2 N–H and O–H groups in total. The van der Waals surface area contributed by atoms with Gasteiger partial charge in [-0.25, -0.2) is 4.98 Å². The van der Waals surface area contributed by atoms with E-state index in [1.165, 1.54) is 5.56 Å². The lowest BCUT2D eigenvalue weighted by Crippen LogP contribution is -2.11. The molecule has 0 saturated carbocycles. The van der Waals surface area contributed by atoms with Gasteiger partial charge in [0.1, 0.15) is 11.6 Å². The molecule has 3 heteroatoms. The van der Waals surface area contributed by atoms with E-state index in [0.717, 1.165) is 31.0 Å². The van der Waals surface area contributed by atoms with E-state index in [9.17, 15) is 0 Å². The van der Waals surface area contributed by atoms with Crippen LogP contribution in [0.4, 0.5) is 11.6 Å². The molecule has 1 aromatic carbocycles. The molecule has 2 rings (SSSR count). The van der Waals surface area contributed by atoms with Crippen LogP contribution in [0.15, 0.2) is 48.5 Å². The predicted molar refractivity (Wildman–Crippen MR) is 86.1 cm³/mol. The van der Waals surface area contributed by atoms with Crippen LogP contribution in [0, 0.1) is 0 Å². The van der Waals surface area contributed by atoms with Crippen LogP contribution >= 0.6 is 0 Å². The van der Waals surface area contributed by atoms with E-state index >= 15 is 0 Å². The number of nitrogens with zero attached hydrogens (tertiary/aromatic N) is 1. The van der Waals surface area contributed by atoms with Gasteiger partial charge in [-0.15, -0.1) is 0 Å². The van der Waals surface area contributed by atoms with Crippen molar-refractivity contribution >= 4 is 11.6 Å². The smallest absolute Gasteiger partial charge is 0.128 e. The molecule has 3 nitrogen and oxygen atoms in total. The first-order valence-corrected chi connectivity index (χ1v) is 7.36. The van der Waals surface area contributed by atoms with E-state index in [0.29, 0.717) is 6.04 Å². The highest BCUT2D eigenvalue weighted by atomic mass is 15.1. The Morgan fingerprint density at radius 2 is 1.70 bits per heavy atom. The second-order valence-corrected chi connectivity index (χ2v) is 4.85. The molecule has 0 aliphatic carbocycles. The molecule has 106 valence electrons. The van der Waals surface area contributed by atoms with Gasteiger partial charge in [0.25, 0.3) is 0 Å². The fraction of sp³-hybridized carbons (Fsp3) is 0.353. The molecule has 0 radical (unpaired) electrons. The Kier molecular flexibility index (Phi) is 5.42. The number of hydrogen-bond donors (Lipinski definition) is 2. The third kappa shape index (κ3) is 3.98. The van der Waals surface area contributed by atoms with Gasteiger partial charge in [0.15, 0.2) is 0 Å². The van der Waals surface area contributed by atoms with Gasteiger partial charge in [0, 0.05) is 6.54 Å². The van der Waals surface area contributed by atoms with Crippen molar-refractivity contribution in [3.8, 4) is 0 Å². The lowest BCUT2D eigenvalue weighted by atomic mass is 10.0. The Morgan fingerprint density at radius 3 is 2.40 bits per heavy atom. The third-order valence-corrected chi connectivity index (χ3v) is 3.24. The monoisotopic (exact) mass is 269 g/mol. The van der Waals surface area contributed by atoms with E-state index in [-0.39, 0.29) is 0 Å². The molecular formula is C17H23N3. The van der Waals surface area contributed by atoms with Crippen LogP contribution < -0.4 is 10.6 Å². The largest absolute Gasteiger partial charge is 0.370 e. The van der Waals surface area contributed by atoms with Crippen LogP contribution in [0.3, 0.4) is 0 Å². The summed E-state index contributed by atoms with van der Waals surface area (Å²) in [6, 6.07) is 16.9. The minimum Gasteiger partial charge on any atom is -0.370 e. The van der Waals surface area contributed by atoms with Gasteiger partial charge >= 0.3 is 0 Å². The molecule has 2 aromatic rings. The summed E-state index contributed by atoms with van der Waals surface area (Å²) in [7, 11) is 0. The third-order valence-electron chi connectivity index (χ3n) is 3.24. The normalized spacial score (nSPS) is 11.9. The lowest BCUT2D eigenvalue weighted by molar-refractivity contribution is 0.744. The van der Waals surface area contributed by atoms with E-state index < -0.39 is 0 Å². The first-order valence-electron chi connectivity index (χ1n) is 7.36. The summed E-state index contributed by atoms with van der Waals surface area (Å²) in [5, 5.41) is 6.83. The zero-order chi connectivity index (χ0) is 14.2. The molecule has 1 aromatic heterocycles. The lowest BCUT2D eigenvalue weighted by Gasteiger charge is -2.18. The summed E-state index contributed by atoms with van der Waals surface area (Å²) in [5.74, 6) is 1.85. The summed E-state index contributed by atoms with van der Waals surface area (Å²) < 4.78 is 0. The van der Waals surface area contributed by atoms with Crippen LogP contribution in [0.25, 0.3) is 0 Å². The SMILES string of the molecule is CCCNc1cccc(NC(CC)c2ccccc2)n1. The molecule has 0 fully saturated rings. The summed E-state index contributed by atoms with van der Waals surface area (Å²) in [4.78, 5) is 4.60. The number of anilines is 2. The van der Waals surface area contributed by atoms with E-state index in [2.05, 4.69) is 53.7 Å². The first-order chi connectivity index (χ1) is 9.83. The molecular weight excluding hydrogens is 246 g/mol. The molecule has 20 heavy (non-hydrogen) atoms. The predicted octanol–water partition coefficient (Wildman–Crippen LogP) is 4.47. The summed E-state index contributed by atoms with van der Waals surface area (Å²) in [5.41, 5.74) is 1.30. The average Bonchev–Trinajstić information content (AvgIpc) is 2.52. The number of pyridine rings is 1. The van der Waals surface area contributed by atoms with Crippen molar-refractivity contribution in [1.82, 2.24) is 4.98 Å². The van der Waals surface area contributed by atoms with Crippen molar-refractivity contribution in [2.24, 2.45) is 0 Å². The van der Waals surface area contributed by atoms with Crippen molar-refractivity contribution in [3.63, 3.8) is 0 Å². The summed E-state index contributed by atoms with van der Waals surface area (Å²) >= 11 is 0. The van der Waals surface area contributed by atoms with Gasteiger partial charge in [0.05, 0.1) is 6.04 Å². The quantitative estimate of drug-likeness (QED) is 0.779. The Morgan fingerprint density at radius 1 is 0.950 bits per heavy atom. The maximum Gasteiger partial charge on any atom is 0.128 e. The fourth-order valence-electron chi connectivity index (χ4n) is 2.15. The fourth-order valence-corrected chi connectivity index (χ4v) is 2.15. The minimum atomic E-state index is 0.296. The van der Waals surface area contributed by atoms with E-state index in [4.69, 9.17) is 0 Å². The maximum absolute atomic E-state index is 4.60. The average molecular weight is 269 g/mol. The topological polar surface area (TPSA) is 37.0 Å². The van der Waals surface area contributed by atoms with Gasteiger partial charge in [-0.3, -0.25) is 0 Å². The highest BCUT2D eigenvalue weighted by Gasteiger charge is 2.09. The Labute approximate surface area is 121 Å². The molecule has 0 bridgehead atoms. The first kappa shape index (κ1) is 14.4. The Balaban J connectivity index is 2.07. The molecule has 0 aliphatic heterocycles. The van der Waals surface area contributed by atoms with Gasteiger partial charge in [-0.2, -0.15) is 0 Å². The zero-order valence-electron chi connectivity index (χ0n) is 12.3. The Bertz CT molecular complexity index is 511. The Hall–Kier alpha value is -2.03. The highest BCUT2D eigenvalue weighted by Crippen LogP contribution is 2.21.